The van der Waals surface area contributed by atoms with Crippen LogP contribution in [0.15, 0.2) is 24.3 Å². The molecule has 2 rings (SSSR count). The molecule has 3 nitrogen and oxygen atoms in total. The normalized spacial score (nSPS) is 12.4. The van der Waals surface area contributed by atoms with E-state index in [9.17, 15) is 4.39 Å². The van der Waals surface area contributed by atoms with Gasteiger partial charge in [-0.3, -0.25) is 0 Å². The quantitative estimate of drug-likeness (QED) is 0.859. The van der Waals surface area contributed by atoms with Gasteiger partial charge in [-0.05, 0) is 37.5 Å². The Morgan fingerprint density at radius 1 is 1.38 bits per heavy atom. The van der Waals surface area contributed by atoms with Crippen LogP contribution in [0.5, 0.6) is 0 Å². The molecule has 0 fully saturated rings. The molecular weight excluding hydrogens is 285 g/mol. The van der Waals surface area contributed by atoms with Crippen molar-refractivity contribution in [2.75, 3.05) is 11.4 Å². The molecule has 1 aromatic heterocycles. The molecule has 0 saturated heterocycles. The molecular formula is C16H22FN3S. The van der Waals surface area contributed by atoms with E-state index in [2.05, 4.69) is 13.8 Å². The highest BCUT2D eigenvalue weighted by atomic mass is 32.1. The monoisotopic (exact) mass is 307 g/mol. The van der Waals surface area contributed by atoms with Crippen LogP contribution in [0.2, 0.25) is 0 Å². The third-order valence-corrected chi connectivity index (χ3v) is 4.76. The van der Waals surface area contributed by atoms with Crippen LogP contribution in [0.25, 0.3) is 0 Å². The van der Waals surface area contributed by atoms with Crippen molar-refractivity contribution in [2.45, 2.75) is 39.7 Å². The second-order valence-electron chi connectivity index (χ2n) is 5.04. The Kier molecular flexibility index (Phi) is 5.31. The zero-order chi connectivity index (χ0) is 15.4. The van der Waals surface area contributed by atoms with Gasteiger partial charge in [-0.2, -0.15) is 0 Å². The average molecular weight is 307 g/mol. The van der Waals surface area contributed by atoms with Crippen molar-refractivity contribution in [1.29, 1.82) is 0 Å². The number of benzene rings is 1. The highest BCUT2D eigenvalue weighted by Gasteiger charge is 2.19. The molecule has 2 aromatic rings. The van der Waals surface area contributed by atoms with Crippen LogP contribution in [0, 0.1) is 5.82 Å². The van der Waals surface area contributed by atoms with E-state index in [1.807, 2.05) is 17.9 Å². The van der Waals surface area contributed by atoms with Gasteiger partial charge in [0.2, 0.25) is 0 Å². The van der Waals surface area contributed by atoms with Gasteiger partial charge >= 0.3 is 0 Å². The lowest BCUT2D eigenvalue weighted by atomic mass is 10.0. The standard InChI is InChI=1S/C16H22FN3S/c1-4-11(3)15-14(10-18)21-16(19-15)20(5-2)13-8-6-7-12(17)9-13/h6-9,11H,4-5,10,18H2,1-3H3. The summed E-state index contributed by atoms with van der Waals surface area (Å²) in [6.07, 6.45) is 1.03. The van der Waals surface area contributed by atoms with Gasteiger partial charge in [0.25, 0.3) is 0 Å². The van der Waals surface area contributed by atoms with Crippen LogP contribution < -0.4 is 10.6 Å². The van der Waals surface area contributed by atoms with Crippen molar-refractivity contribution in [3.05, 3.63) is 40.7 Å². The Hall–Kier alpha value is -1.46. The molecule has 1 heterocycles. The first-order valence-electron chi connectivity index (χ1n) is 7.33. The Labute approximate surface area is 129 Å². The fourth-order valence-corrected chi connectivity index (χ4v) is 3.41. The number of halogens is 1. The summed E-state index contributed by atoms with van der Waals surface area (Å²) >= 11 is 1.60. The Morgan fingerprint density at radius 3 is 2.71 bits per heavy atom. The number of hydrogen-bond donors (Lipinski definition) is 1. The number of thiazole rings is 1. The number of anilines is 2. The van der Waals surface area contributed by atoms with Crippen LogP contribution in [0.1, 0.15) is 43.7 Å². The van der Waals surface area contributed by atoms with Crippen molar-refractivity contribution < 1.29 is 4.39 Å². The van der Waals surface area contributed by atoms with Gasteiger partial charge in [0, 0.05) is 23.7 Å². The number of rotatable bonds is 6. The molecule has 0 bridgehead atoms. The minimum Gasteiger partial charge on any atom is -0.326 e. The van der Waals surface area contributed by atoms with Crippen molar-refractivity contribution in [3.63, 3.8) is 0 Å². The Balaban J connectivity index is 2.41. The Morgan fingerprint density at radius 2 is 2.14 bits per heavy atom. The lowest BCUT2D eigenvalue weighted by Gasteiger charge is -2.20. The molecule has 1 atom stereocenters. The summed E-state index contributed by atoms with van der Waals surface area (Å²) in [4.78, 5) is 7.92. The smallest absolute Gasteiger partial charge is 0.190 e. The predicted octanol–water partition coefficient (Wildman–Crippen LogP) is 4.41. The Bertz CT molecular complexity index is 597. The molecule has 0 radical (unpaired) electrons. The molecule has 2 N–H and O–H groups in total. The van der Waals surface area contributed by atoms with Crippen molar-refractivity contribution in [3.8, 4) is 0 Å². The number of nitrogens with two attached hydrogens (primary N) is 1. The molecule has 114 valence electrons. The summed E-state index contributed by atoms with van der Waals surface area (Å²) in [7, 11) is 0. The fourth-order valence-electron chi connectivity index (χ4n) is 2.26. The second kappa shape index (κ2) is 7.00. The summed E-state index contributed by atoms with van der Waals surface area (Å²) in [5.41, 5.74) is 7.76. The zero-order valence-electron chi connectivity index (χ0n) is 12.8. The largest absolute Gasteiger partial charge is 0.326 e. The van der Waals surface area contributed by atoms with E-state index in [0.717, 1.165) is 34.4 Å². The molecule has 0 aliphatic carbocycles. The van der Waals surface area contributed by atoms with E-state index in [-0.39, 0.29) is 5.82 Å². The molecule has 0 saturated carbocycles. The van der Waals surface area contributed by atoms with E-state index >= 15 is 0 Å². The predicted molar refractivity (Wildman–Crippen MR) is 87.8 cm³/mol. The maximum absolute atomic E-state index is 13.4. The highest BCUT2D eigenvalue weighted by Crippen LogP contribution is 2.35. The van der Waals surface area contributed by atoms with Crippen molar-refractivity contribution in [1.82, 2.24) is 4.98 Å². The molecule has 0 aliphatic rings. The lowest BCUT2D eigenvalue weighted by Crippen LogP contribution is -2.16. The van der Waals surface area contributed by atoms with Crippen molar-refractivity contribution in [2.24, 2.45) is 5.73 Å². The third-order valence-electron chi connectivity index (χ3n) is 3.65. The van der Waals surface area contributed by atoms with Gasteiger partial charge in [0.15, 0.2) is 5.13 Å². The fraction of sp³-hybridized carbons (Fsp3) is 0.438. The summed E-state index contributed by atoms with van der Waals surface area (Å²) in [6, 6.07) is 6.62. The van der Waals surface area contributed by atoms with E-state index in [0.29, 0.717) is 12.5 Å². The summed E-state index contributed by atoms with van der Waals surface area (Å²) in [6.45, 7) is 7.58. The van der Waals surface area contributed by atoms with Crippen molar-refractivity contribution >= 4 is 22.2 Å². The number of nitrogens with zero attached hydrogens (tertiary/aromatic N) is 2. The van der Waals surface area contributed by atoms with Crippen LogP contribution in [0.4, 0.5) is 15.2 Å². The summed E-state index contributed by atoms with van der Waals surface area (Å²) < 4.78 is 13.4. The second-order valence-corrected chi connectivity index (χ2v) is 6.10. The third kappa shape index (κ3) is 3.41. The van der Waals surface area contributed by atoms with Gasteiger partial charge in [-0.25, -0.2) is 9.37 Å². The van der Waals surface area contributed by atoms with Gasteiger partial charge in [-0.15, -0.1) is 0 Å². The minimum atomic E-state index is -0.233. The van der Waals surface area contributed by atoms with Gasteiger partial charge in [0.05, 0.1) is 5.69 Å². The number of hydrogen-bond acceptors (Lipinski definition) is 4. The van der Waals surface area contributed by atoms with E-state index in [1.54, 1.807) is 17.4 Å². The average Bonchev–Trinajstić information content (AvgIpc) is 2.91. The summed E-state index contributed by atoms with van der Waals surface area (Å²) in [5, 5.41) is 0.888. The number of aromatic nitrogens is 1. The maximum atomic E-state index is 13.4. The first kappa shape index (κ1) is 15.9. The van der Waals surface area contributed by atoms with E-state index < -0.39 is 0 Å². The van der Waals surface area contributed by atoms with E-state index in [4.69, 9.17) is 10.7 Å². The first-order chi connectivity index (χ1) is 10.1. The van der Waals surface area contributed by atoms with Gasteiger partial charge in [0.1, 0.15) is 5.82 Å². The zero-order valence-corrected chi connectivity index (χ0v) is 13.6. The highest BCUT2D eigenvalue weighted by molar-refractivity contribution is 7.15. The van der Waals surface area contributed by atoms with Crippen LogP contribution in [-0.2, 0) is 6.54 Å². The molecule has 1 unspecified atom stereocenters. The lowest BCUT2D eigenvalue weighted by molar-refractivity contribution is 0.627. The molecule has 5 heteroatoms. The molecule has 21 heavy (non-hydrogen) atoms. The maximum Gasteiger partial charge on any atom is 0.190 e. The van der Waals surface area contributed by atoms with E-state index in [1.165, 1.54) is 12.1 Å². The summed E-state index contributed by atoms with van der Waals surface area (Å²) in [5.74, 6) is 0.156. The van der Waals surface area contributed by atoms with Gasteiger partial charge < -0.3 is 10.6 Å². The van der Waals surface area contributed by atoms with Crippen LogP contribution >= 0.6 is 11.3 Å². The molecule has 1 aromatic carbocycles. The van der Waals surface area contributed by atoms with Crippen LogP contribution in [0.3, 0.4) is 0 Å². The topological polar surface area (TPSA) is 42.2 Å². The SMILES string of the molecule is CCC(C)c1nc(N(CC)c2cccc(F)c2)sc1CN. The van der Waals surface area contributed by atoms with Crippen LogP contribution in [-0.4, -0.2) is 11.5 Å². The molecule has 0 aliphatic heterocycles. The molecule has 0 amide bonds. The first-order valence-corrected chi connectivity index (χ1v) is 8.15. The van der Waals surface area contributed by atoms with Gasteiger partial charge in [-0.1, -0.05) is 31.3 Å². The molecule has 0 spiro atoms. The minimum absolute atomic E-state index is 0.233.